The van der Waals surface area contributed by atoms with Gasteiger partial charge in [-0.25, -0.2) is 4.79 Å². The van der Waals surface area contributed by atoms with Crippen molar-refractivity contribution in [2.24, 2.45) is 0 Å². The van der Waals surface area contributed by atoms with E-state index < -0.39 is 11.8 Å². The molecule has 0 atom stereocenters. The van der Waals surface area contributed by atoms with E-state index in [9.17, 15) is 14.7 Å². The molecule has 0 aliphatic heterocycles. The van der Waals surface area contributed by atoms with Crippen molar-refractivity contribution in [3.63, 3.8) is 0 Å². The Balaban J connectivity index is 2.27. The molecule has 0 fully saturated rings. The predicted molar refractivity (Wildman–Crippen MR) is 94.9 cm³/mol. The van der Waals surface area contributed by atoms with Crippen LogP contribution in [0.5, 0.6) is 11.5 Å². The summed E-state index contributed by atoms with van der Waals surface area (Å²) in [4.78, 5) is 23.7. The highest BCUT2D eigenvalue weighted by atomic mass is 16.5. The first kappa shape index (κ1) is 18.0. The fraction of sp³-hybridized carbons (Fsp3) is 0.100. The molecule has 0 spiro atoms. The van der Waals surface area contributed by atoms with Crippen LogP contribution in [0.3, 0.4) is 0 Å². The van der Waals surface area contributed by atoms with Gasteiger partial charge >= 0.3 is 5.97 Å². The zero-order valence-corrected chi connectivity index (χ0v) is 14.0. The third-order valence-corrected chi connectivity index (χ3v) is 3.51. The Hall–Kier alpha value is -3.34. The zero-order valence-electron chi connectivity index (χ0n) is 14.0. The van der Waals surface area contributed by atoms with Crippen LogP contribution in [-0.4, -0.2) is 24.0 Å². The van der Waals surface area contributed by atoms with Crippen LogP contribution in [-0.2, 0) is 4.79 Å². The lowest BCUT2D eigenvalue weighted by Gasteiger charge is -2.07. The monoisotopic (exact) mass is 338 g/mol. The molecule has 2 aromatic carbocycles. The van der Waals surface area contributed by atoms with Crippen molar-refractivity contribution < 1.29 is 24.2 Å². The number of ketones is 1. The van der Waals surface area contributed by atoms with E-state index >= 15 is 0 Å². The number of allylic oxidation sites excluding steroid dienone is 1. The van der Waals surface area contributed by atoms with Gasteiger partial charge in [0.2, 0.25) is 0 Å². The minimum atomic E-state index is -0.612. The van der Waals surface area contributed by atoms with Gasteiger partial charge in [-0.15, -0.1) is 0 Å². The van der Waals surface area contributed by atoms with Crippen molar-refractivity contribution in [3.05, 3.63) is 77.9 Å². The Morgan fingerprint density at radius 2 is 1.72 bits per heavy atom. The summed E-state index contributed by atoms with van der Waals surface area (Å²) in [6.07, 6.45) is 2.17. The second kappa shape index (κ2) is 7.97. The lowest BCUT2D eigenvalue weighted by atomic mass is 10.0. The van der Waals surface area contributed by atoms with Gasteiger partial charge in [0.1, 0.15) is 17.3 Å². The highest BCUT2D eigenvalue weighted by molar-refractivity contribution is 6.09. The molecule has 0 radical (unpaired) electrons. The maximum Gasteiger partial charge on any atom is 0.335 e. The largest absolute Gasteiger partial charge is 0.507 e. The normalized spacial score (nSPS) is 10.9. The van der Waals surface area contributed by atoms with Gasteiger partial charge in [0, 0.05) is 23.3 Å². The lowest BCUT2D eigenvalue weighted by Crippen LogP contribution is -2.05. The van der Waals surface area contributed by atoms with E-state index in [1.165, 1.54) is 6.07 Å². The number of benzene rings is 2. The molecule has 2 aromatic rings. The van der Waals surface area contributed by atoms with Crippen LogP contribution < -0.4 is 9.47 Å². The summed E-state index contributed by atoms with van der Waals surface area (Å²) < 4.78 is 10.1. The Labute approximate surface area is 145 Å². The maximum atomic E-state index is 12.5. The molecule has 0 aliphatic rings. The molecule has 0 heterocycles. The van der Waals surface area contributed by atoms with Gasteiger partial charge in [0.15, 0.2) is 5.78 Å². The first-order valence-corrected chi connectivity index (χ1v) is 7.49. The second-order valence-electron chi connectivity index (χ2n) is 5.22. The average molecular weight is 338 g/mol. The molecule has 25 heavy (non-hydrogen) atoms. The quantitative estimate of drug-likeness (QED) is 0.284. The standard InChI is InChI=1S/C20H18O5/c1-4-20(23)25-16-8-5-13(2)17(11-16)19(22)12-18(21)14-6-9-15(24-3)10-7-14/h4-12,21H,1H2,2-3H3/b18-12-. The number of carbonyl (C=O) groups excluding carboxylic acids is 2. The summed E-state index contributed by atoms with van der Waals surface area (Å²) in [5.74, 6) is -0.298. The Morgan fingerprint density at radius 1 is 1.08 bits per heavy atom. The molecule has 2 rings (SSSR count). The Kier molecular flexibility index (Phi) is 5.74. The van der Waals surface area contributed by atoms with Gasteiger partial charge in [-0.3, -0.25) is 4.79 Å². The molecule has 0 saturated carbocycles. The highest BCUT2D eigenvalue weighted by Crippen LogP contribution is 2.21. The number of hydrogen-bond acceptors (Lipinski definition) is 5. The number of hydrogen-bond donors (Lipinski definition) is 1. The number of esters is 1. The molecule has 0 bridgehead atoms. The number of ether oxygens (including phenoxy) is 2. The zero-order chi connectivity index (χ0) is 18.4. The van der Waals surface area contributed by atoms with E-state index in [2.05, 4.69) is 6.58 Å². The van der Waals surface area contributed by atoms with Crippen LogP contribution >= 0.6 is 0 Å². The van der Waals surface area contributed by atoms with Crippen LogP contribution in [0.1, 0.15) is 21.5 Å². The minimum Gasteiger partial charge on any atom is -0.507 e. The van der Waals surface area contributed by atoms with Gasteiger partial charge in [-0.1, -0.05) is 12.6 Å². The molecule has 0 amide bonds. The summed E-state index contributed by atoms with van der Waals surface area (Å²) in [6.45, 7) is 5.08. The Morgan fingerprint density at radius 3 is 2.32 bits per heavy atom. The molecule has 5 heteroatoms. The first-order valence-electron chi connectivity index (χ1n) is 7.49. The van der Waals surface area contributed by atoms with Crippen LogP contribution in [0.15, 0.2) is 61.2 Å². The average Bonchev–Trinajstić information content (AvgIpc) is 2.63. The Bertz CT molecular complexity index is 832. The molecular formula is C20H18O5. The highest BCUT2D eigenvalue weighted by Gasteiger charge is 2.12. The fourth-order valence-corrected chi connectivity index (χ4v) is 2.13. The molecular weight excluding hydrogens is 320 g/mol. The number of carbonyl (C=O) groups is 2. The van der Waals surface area contributed by atoms with Crippen LogP contribution in [0, 0.1) is 6.92 Å². The van der Waals surface area contributed by atoms with Crippen molar-refractivity contribution in [1.82, 2.24) is 0 Å². The summed E-state index contributed by atoms with van der Waals surface area (Å²) in [7, 11) is 1.54. The number of methoxy groups -OCH3 is 1. The number of aliphatic hydroxyl groups is 1. The van der Waals surface area contributed by atoms with E-state index in [1.807, 2.05) is 0 Å². The van der Waals surface area contributed by atoms with Gasteiger partial charge in [-0.05, 0) is 48.9 Å². The topological polar surface area (TPSA) is 72.8 Å². The molecule has 0 aromatic heterocycles. The fourth-order valence-electron chi connectivity index (χ4n) is 2.13. The molecule has 5 nitrogen and oxygen atoms in total. The van der Waals surface area contributed by atoms with Crippen LogP contribution in [0.25, 0.3) is 5.76 Å². The van der Waals surface area contributed by atoms with E-state index in [0.29, 0.717) is 22.4 Å². The predicted octanol–water partition coefficient (Wildman–Crippen LogP) is 3.88. The second-order valence-corrected chi connectivity index (χ2v) is 5.22. The summed E-state index contributed by atoms with van der Waals surface area (Å²) in [5.41, 5.74) is 1.51. The van der Waals surface area contributed by atoms with Crippen molar-refractivity contribution >= 4 is 17.5 Å². The SMILES string of the molecule is C=CC(=O)Oc1ccc(C)c(C(=O)/C=C(\O)c2ccc(OC)cc2)c1. The van der Waals surface area contributed by atoms with Crippen molar-refractivity contribution in [2.75, 3.05) is 7.11 Å². The van der Waals surface area contributed by atoms with E-state index in [1.54, 1.807) is 50.4 Å². The van der Waals surface area contributed by atoms with Crippen molar-refractivity contribution in [1.29, 1.82) is 0 Å². The van der Waals surface area contributed by atoms with Crippen LogP contribution in [0.4, 0.5) is 0 Å². The molecule has 0 saturated heterocycles. The molecule has 0 aliphatic carbocycles. The summed E-state index contributed by atoms with van der Waals surface area (Å²) in [5, 5.41) is 10.2. The van der Waals surface area contributed by atoms with E-state index in [-0.39, 0.29) is 11.5 Å². The maximum absolute atomic E-state index is 12.5. The van der Waals surface area contributed by atoms with Crippen molar-refractivity contribution in [2.45, 2.75) is 6.92 Å². The first-order chi connectivity index (χ1) is 11.9. The number of aryl methyl sites for hydroxylation is 1. The molecule has 128 valence electrons. The number of aliphatic hydroxyl groups excluding tert-OH is 1. The minimum absolute atomic E-state index is 0.166. The van der Waals surface area contributed by atoms with Crippen LogP contribution in [0.2, 0.25) is 0 Å². The van der Waals surface area contributed by atoms with Gasteiger partial charge < -0.3 is 14.6 Å². The van der Waals surface area contributed by atoms with E-state index in [4.69, 9.17) is 9.47 Å². The summed E-state index contributed by atoms with van der Waals surface area (Å²) >= 11 is 0. The smallest absolute Gasteiger partial charge is 0.335 e. The molecule has 0 unspecified atom stereocenters. The molecule has 1 N–H and O–H groups in total. The summed E-state index contributed by atoms with van der Waals surface area (Å²) in [6, 6.07) is 11.4. The number of rotatable bonds is 6. The third kappa shape index (κ3) is 4.57. The van der Waals surface area contributed by atoms with Gasteiger partial charge in [-0.2, -0.15) is 0 Å². The van der Waals surface area contributed by atoms with E-state index in [0.717, 1.165) is 12.2 Å². The van der Waals surface area contributed by atoms with Crippen molar-refractivity contribution in [3.8, 4) is 11.5 Å². The van der Waals surface area contributed by atoms with Gasteiger partial charge in [0.05, 0.1) is 7.11 Å². The van der Waals surface area contributed by atoms with Gasteiger partial charge in [0.25, 0.3) is 0 Å². The lowest BCUT2D eigenvalue weighted by molar-refractivity contribution is -0.128. The third-order valence-electron chi connectivity index (χ3n) is 3.51.